The van der Waals surface area contributed by atoms with Crippen molar-refractivity contribution in [1.29, 1.82) is 0 Å². The van der Waals surface area contributed by atoms with Crippen LogP contribution in [0.15, 0.2) is 83.6 Å². The summed E-state index contributed by atoms with van der Waals surface area (Å²) in [6.45, 7) is 4.00. The zero-order valence-corrected chi connectivity index (χ0v) is 19.5. The number of phenols is 1. The molecule has 1 N–H and O–H groups in total. The minimum Gasteiger partial charge on any atom is -0.507 e. The van der Waals surface area contributed by atoms with Gasteiger partial charge in [-0.1, -0.05) is 72.8 Å². The predicted molar refractivity (Wildman–Crippen MR) is 138 cm³/mol. The number of aryl methyl sites for hydroxylation is 3. The minimum atomic E-state index is 0.419. The van der Waals surface area contributed by atoms with Crippen LogP contribution in [0.3, 0.4) is 0 Å². The normalized spacial score (nSPS) is 15.2. The third kappa shape index (κ3) is 3.80. The van der Waals surface area contributed by atoms with Gasteiger partial charge in [-0.25, -0.2) is 0 Å². The molecule has 1 aromatic heterocycles. The van der Waals surface area contributed by atoms with Crippen LogP contribution < -0.4 is 0 Å². The van der Waals surface area contributed by atoms with Crippen molar-refractivity contribution in [3.05, 3.63) is 111 Å². The van der Waals surface area contributed by atoms with Crippen LogP contribution >= 0.6 is 11.3 Å². The van der Waals surface area contributed by atoms with E-state index in [1.807, 2.05) is 36.7 Å². The lowest BCUT2D eigenvalue weighted by Gasteiger charge is -2.28. The fourth-order valence-corrected chi connectivity index (χ4v) is 5.63. The van der Waals surface area contributed by atoms with Gasteiger partial charge in [-0.05, 0) is 93.2 Å². The van der Waals surface area contributed by atoms with Crippen LogP contribution in [-0.2, 0) is 6.42 Å². The van der Waals surface area contributed by atoms with E-state index in [-0.39, 0.29) is 0 Å². The molecule has 0 saturated heterocycles. The highest BCUT2D eigenvalue weighted by molar-refractivity contribution is 7.07. The van der Waals surface area contributed by atoms with Crippen LogP contribution in [0.5, 0.6) is 5.75 Å². The molecule has 1 aliphatic rings. The summed E-state index contributed by atoms with van der Waals surface area (Å²) in [6.07, 6.45) is 3.54. The second-order valence-corrected chi connectivity index (χ2v) is 9.57. The maximum atomic E-state index is 10.2. The first-order valence-electron chi connectivity index (χ1n) is 11.3. The van der Waals surface area contributed by atoms with Crippen molar-refractivity contribution in [2.75, 3.05) is 0 Å². The Kier molecular flexibility index (Phi) is 5.71. The van der Waals surface area contributed by atoms with Crippen LogP contribution in [-0.4, -0.2) is 5.11 Å². The van der Waals surface area contributed by atoms with Crippen molar-refractivity contribution < 1.29 is 5.11 Å². The molecule has 160 valence electrons. The van der Waals surface area contributed by atoms with Crippen molar-refractivity contribution in [2.45, 2.75) is 39.0 Å². The molecule has 32 heavy (non-hydrogen) atoms. The zero-order chi connectivity index (χ0) is 22.1. The van der Waals surface area contributed by atoms with Gasteiger partial charge in [0.15, 0.2) is 0 Å². The topological polar surface area (TPSA) is 20.2 Å². The predicted octanol–water partition coefficient (Wildman–Crippen LogP) is 8.53. The van der Waals surface area contributed by atoms with Gasteiger partial charge in [0.05, 0.1) is 0 Å². The SMILES string of the molecule is Cc1cc(C2CCCc3c2ccc2c3ccc3ccccc32)cc(C)c1O.c1ccsc1. The van der Waals surface area contributed by atoms with Crippen LogP contribution in [0.4, 0.5) is 0 Å². The molecular weight excluding hydrogens is 408 g/mol. The monoisotopic (exact) mass is 436 g/mol. The van der Waals surface area contributed by atoms with E-state index in [1.54, 1.807) is 11.3 Å². The number of aromatic hydroxyl groups is 1. The molecule has 2 heteroatoms. The summed E-state index contributed by atoms with van der Waals surface area (Å²) in [6, 6.07) is 26.3. The Hall–Kier alpha value is -3.10. The third-order valence-corrected chi connectivity index (χ3v) is 7.34. The number of fused-ring (bicyclic) bond motifs is 5. The van der Waals surface area contributed by atoms with E-state index in [0.717, 1.165) is 17.5 Å². The third-order valence-electron chi connectivity index (χ3n) is 6.71. The van der Waals surface area contributed by atoms with E-state index in [4.69, 9.17) is 0 Å². The van der Waals surface area contributed by atoms with Gasteiger partial charge in [-0.2, -0.15) is 11.3 Å². The molecule has 1 heterocycles. The molecule has 6 rings (SSSR count). The number of thiophene rings is 1. The molecule has 4 aromatic carbocycles. The summed E-state index contributed by atoms with van der Waals surface area (Å²) in [7, 11) is 0. The standard InChI is InChI=1S/C26H24O.C4H4S/c1-16-14-19(15-17(2)26(16)27)21-8-5-9-22-24(21)13-12-23-20-7-4-3-6-18(20)10-11-25(22)23;1-2-4-5-3-1/h3-4,6-7,10-15,21,27H,5,8-9H2,1-2H3;1-4H. The Labute approximate surface area is 194 Å². The van der Waals surface area contributed by atoms with Crippen LogP contribution in [0, 0.1) is 13.8 Å². The number of rotatable bonds is 1. The van der Waals surface area contributed by atoms with Gasteiger partial charge in [-0.15, -0.1) is 0 Å². The Morgan fingerprint density at radius 2 is 1.50 bits per heavy atom. The zero-order valence-electron chi connectivity index (χ0n) is 18.6. The number of benzene rings is 4. The number of hydrogen-bond donors (Lipinski definition) is 1. The Bertz CT molecular complexity index is 1340. The molecule has 1 unspecified atom stereocenters. The van der Waals surface area contributed by atoms with Crippen LogP contribution in [0.1, 0.15) is 46.6 Å². The second-order valence-electron chi connectivity index (χ2n) is 8.76. The van der Waals surface area contributed by atoms with Gasteiger partial charge in [0.1, 0.15) is 5.75 Å². The largest absolute Gasteiger partial charge is 0.507 e. The Morgan fingerprint density at radius 1 is 0.781 bits per heavy atom. The lowest BCUT2D eigenvalue weighted by atomic mass is 9.76. The van der Waals surface area contributed by atoms with Crippen LogP contribution in [0.2, 0.25) is 0 Å². The average molecular weight is 437 g/mol. The minimum absolute atomic E-state index is 0.419. The molecule has 1 aliphatic carbocycles. The van der Waals surface area contributed by atoms with E-state index >= 15 is 0 Å². The first kappa shape index (κ1) is 20.8. The van der Waals surface area contributed by atoms with Crippen molar-refractivity contribution in [3.8, 4) is 5.75 Å². The smallest absolute Gasteiger partial charge is 0.121 e. The van der Waals surface area contributed by atoms with Crippen molar-refractivity contribution >= 4 is 32.9 Å². The maximum absolute atomic E-state index is 10.2. The first-order chi connectivity index (χ1) is 15.6. The highest BCUT2D eigenvalue weighted by atomic mass is 32.1. The van der Waals surface area contributed by atoms with Gasteiger partial charge in [-0.3, -0.25) is 0 Å². The summed E-state index contributed by atoms with van der Waals surface area (Å²) in [4.78, 5) is 0. The highest BCUT2D eigenvalue weighted by Gasteiger charge is 2.24. The molecule has 0 bridgehead atoms. The molecule has 1 nitrogen and oxygen atoms in total. The van der Waals surface area contributed by atoms with Crippen molar-refractivity contribution in [3.63, 3.8) is 0 Å². The van der Waals surface area contributed by atoms with Gasteiger partial charge >= 0.3 is 0 Å². The quantitative estimate of drug-likeness (QED) is 0.261. The van der Waals surface area contributed by atoms with E-state index in [1.165, 1.54) is 51.1 Å². The average Bonchev–Trinajstić information content (AvgIpc) is 3.42. The molecular formula is C30H28OS. The Morgan fingerprint density at radius 3 is 2.22 bits per heavy atom. The summed E-state index contributed by atoms with van der Waals surface area (Å²) >= 11 is 1.71. The molecule has 0 fully saturated rings. The molecule has 0 saturated carbocycles. The molecule has 0 radical (unpaired) electrons. The lowest BCUT2D eigenvalue weighted by Crippen LogP contribution is -2.12. The van der Waals surface area contributed by atoms with Gasteiger partial charge in [0.2, 0.25) is 0 Å². The summed E-state index contributed by atoms with van der Waals surface area (Å²) < 4.78 is 0. The summed E-state index contributed by atoms with van der Waals surface area (Å²) in [5.74, 6) is 0.849. The van der Waals surface area contributed by atoms with E-state index in [9.17, 15) is 5.11 Å². The fourth-order valence-electron chi connectivity index (χ4n) is 5.18. The van der Waals surface area contributed by atoms with Crippen molar-refractivity contribution in [1.82, 2.24) is 0 Å². The molecule has 0 spiro atoms. The van der Waals surface area contributed by atoms with Crippen LogP contribution in [0.25, 0.3) is 21.5 Å². The number of phenolic OH excluding ortho intramolecular Hbond substituents is 1. The van der Waals surface area contributed by atoms with Gasteiger partial charge in [0.25, 0.3) is 0 Å². The Balaban J connectivity index is 0.000000383. The molecule has 1 atom stereocenters. The van der Waals surface area contributed by atoms with E-state index < -0.39 is 0 Å². The maximum Gasteiger partial charge on any atom is 0.121 e. The van der Waals surface area contributed by atoms with Gasteiger partial charge < -0.3 is 5.11 Å². The summed E-state index contributed by atoms with van der Waals surface area (Å²) in [5, 5.41) is 19.7. The van der Waals surface area contributed by atoms with E-state index in [0.29, 0.717) is 11.7 Å². The highest BCUT2D eigenvalue weighted by Crippen LogP contribution is 2.42. The first-order valence-corrected chi connectivity index (χ1v) is 12.3. The van der Waals surface area contributed by atoms with E-state index in [2.05, 4.69) is 60.7 Å². The van der Waals surface area contributed by atoms with Gasteiger partial charge in [0, 0.05) is 5.92 Å². The number of hydrogen-bond acceptors (Lipinski definition) is 2. The fraction of sp³-hybridized carbons (Fsp3) is 0.200. The second kappa shape index (κ2) is 8.80. The molecule has 0 amide bonds. The van der Waals surface area contributed by atoms with Crippen molar-refractivity contribution in [2.24, 2.45) is 0 Å². The molecule has 5 aromatic rings. The molecule has 0 aliphatic heterocycles. The lowest BCUT2D eigenvalue weighted by molar-refractivity contribution is 0.466. The summed E-state index contributed by atoms with van der Waals surface area (Å²) in [5.41, 5.74) is 6.27.